The molecule has 0 spiro atoms. The quantitative estimate of drug-likeness (QED) is 0.0929. The molecule has 0 radical (unpaired) electrons. The summed E-state index contributed by atoms with van der Waals surface area (Å²) in [5.74, 6) is -2.28. The highest BCUT2D eigenvalue weighted by Gasteiger charge is 2.52. The fourth-order valence-electron chi connectivity index (χ4n) is 10.8. The highest BCUT2D eigenvalue weighted by atomic mass is 19.4. The average Bonchev–Trinajstić information content (AvgIpc) is 4.09. The number of carbonyl (C=O) groups is 4. The SMILES string of the molecule is C[C@@H](OCC1(c2ccccc2)CCC(CC(=O)O)(N2C=NCC2=O)CC1)c1cc(C(F)(F)F)cc(C(F)(F)F)c1.C[C@@H](OC[C@@]1(c2ccccc2)CC[C@](CC(N)=O)(N2C=NCC2=O)CN1)c1cc(C(F)(F)F)cc(C(F)(F)F)c1. The fraction of sp³-hybridized carbons (Fsp3) is 0.455. The van der Waals surface area contributed by atoms with E-state index in [1.165, 1.54) is 36.3 Å². The van der Waals surface area contributed by atoms with Crippen molar-refractivity contribution >= 4 is 36.4 Å². The summed E-state index contributed by atoms with van der Waals surface area (Å²) in [6, 6.07) is 20.9. The number of primary amides is 1. The lowest BCUT2D eigenvalue weighted by Gasteiger charge is -2.50. The van der Waals surface area contributed by atoms with Crippen molar-refractivity contribution in [3.63, 3.8) is 0 Å². The van der Waals surface area contributed by atoms with Gasteiger partial charge in [-0.05, 0) is 111 Å². The largest absolute Gasteiger partial charge is 0.481 e. The van der Waals surface area contributed by atoms with Crippen LogP contribution in [0.4, 0.5) is 52.7 Å². The Bertz CT molecular complexity index is 2670. The number of carbonyl (C=O) groups excluding carboxylic acids is 3. The molecular weight excluding hydrogens is 1080 g/mol. The predicted octanol–water partition coefficient (Wildman–Crippen LogP) is 11.0. The van der Waals surface area contributed by atoms with Crippen LogP contribution in [-0.2, 0) is 64.3 Å². The minimum absolute atomic E-state index is 0.0407. The topological polar surface area (TPSA) is 176 Å². The maximum absolute atomic E-state index is 13.4. The molecule has 8 rings (SSSR count). The second kappa shape index (κ2) is 23.3. The Morgan fingerprint density at radius 2 is 0.988 bits per heavy atom. The number of aliphatic imine (C=N–C) groups is 2. The zero-order valence-corrected chi connectivity index (χ0v) is 43.0. The molecule has 4 atom stereocenters. The molecule has 4 aromatic carbocycles. The van der Waals surface area contributed by atoms with Crippen LogP contribution >= 0.6 is 0 Å². The summed E-state index contributed by atoms with van der Waals surface area (Å²) in [4.78, 5) is 59.5. The molecule has 4 N–H and O–H groups in total. The van der Waals surface area contributed by atoms with E-state index >= 15 is 0 Å². The number of alkyl halides is 12. The molecule has 0 bridgehead atoms. The first-order chi connectivity index (χ1) is 37.3. The molecular formula is C55H56F12N6O7. The molecule has 4 aromatic rings. The molecule has 1 aliphatic carbocycles. The third kappa shape index (κ3) is 13.8. The number of nitrogens with one attached hydrogen (secondary N) is 1. The van der Waals surface area contributed by atoms with Crippen molar-refractivity contribution in [2.45, 2.75) is 124 Å². The molecule has 80 heavy (non-hydrogen) atoms. The highest BCUT2D eigenvalue weighted by Crippen LogP contribution is 2.49. The molecule has 0 unspecified atom stereocenters. The van der Waals surface area contributed by atoms with Gasteiger partial charge >= 0.3 is 30.7 Å². The Morgan fingerprint density at radius 3 is 1.35 bits per heavy atom. The minimum atomic E-state index is -4.98. The molecule has 3 amide bonds. The molecule has 1 saturated carbocycles. The van der Waals surface area contributed by atoms with Crippen molar-refractivity contribution in [3.05, 3.63) is 142 Å². The van der Waals surface area contributed by atoms with Gasteiger partial charge in [-0.15, -0.1) is 0 Å². The van der Waals surface area contributed by atoms with E-state index in [9.17, 15) is 77.0 Å². The van der Waals surface area contributed by atoms with Crippen LogP contribution in [0.5, 0.6) is 0 Å². The van der Waals surface area contributed by atoms with Gasteiger partial charge in [0.2, 0.25) is 17.7 Å². The lowest BCUT2D eigenvalue weighted by atomic mass is 9.63. The molecule has 25 heteroatoms. The van der Waals surface area contributed by atoms with Gasteiger partial charge in [0.05, 0.1) is 89.8 Å². The standard InChI is InChI=1S/C28H28F6N2O4.C27H28F6N4O3/c1-18(19-11-21(27(29,30)31)13-22(12-19)28(32,33)34)40-16-25(20-5-3-2-4-6-20)7-9-26(10-8-25,14-24(38)39)36-17-35-15-23(36)37;1-17(18-9-20(26(28,29)30)11-21(10-18)27(31,32)33)40-15-25(19-5-3-2-4-6-19)8-7-24(14-36-25,12-22(34)38)37-16-35-13-23(37)39/h2-6,11-13,17-18H,7-10,14-16H2,1H3,(H,38,39);2-6,9-11,16-17,36H,7-8,12-15H2,1H3,(H2,34,38)/t18-,25?,26?;17-,24-,25-/m11/s1. The Balaban J connectivity index is 0.000000231. The average molecular weight is 1140 g/mol. The number of hydrogen-bond acceptors (Lipinski definition) is 9. The maximum atomic E-state index is 13.4. The van der Waals surface area contributed by atoms with Crippen molar-refractivity contribution < 1.29 is 86.4 Å². The first kappa shape index (κ1) is 60.8. The van der Waals surface area contributed by atoms with Crippen molar-refractivity contribution in [3.8, 4) is 0 Å². The highest BCUT2D eigenvalue weighted by molar-refractivity contribution is 5.96. The Morgan fingerprint density at radius 1 is 0.588 bits per heavy atom. The van der Waals surface area contributed by atoms with Gasteiger partial charge in [-0.3, -0.25) is 39.0 Å². The van der Waals surface area contributed by atoms with Crippen LogP contribution in [0.1, 0.15) is 122 Å². The zero-order chi connectivity index (χ0) is 58.7. The Labute approximate surface area is 451 Å². The van der Waals surface area contributed by atoms with E-state index in [1.807, 2.05) is 24.3 Å². The first-order valence-corrected chi connectivity index (χ1v) is 25.1. The third-order valence-corrected chi connectivity index (χ3v) is 15.4. The normalized spacial score (nSPS) is 24.4. The van der Waals surface area contributed by atoms with E-state index in [0.29, 0.717) is 49.9 Å². The van der Waals surface area contributed by atoms with E-state index in [2.05, 4.69) is 15.3 Å². The summed E-state index contributed by atoms with van der Waals surface area (Å²) in [7, 11) is 0. The van der Waals surface area contributed by atoms with Crippen molar-refractivity contribution in [2.75, 3.05) is 32.8 Å². The van der Waals surface area contributed by atoms with Crippen LogP contribution < -0.4 is 11.1 Å². The van der Waals surface area contributed by atoms with Gasteiger partial charge in [-0.2, -0.15) is 52.7 Å². The van der Waals surface area contributed by atoms with E-state index < -0.39 is 93.1 Å². The van der Waals surface area contributed by atoms with Gasteiger partial charge < -0.3 is 25.6 Å². The number of ether oxygens (including phenoxy) is 2. The van der Waals surface area contributed by atoms with Crippen LogP contribution in [0.15, 0.2) is 107 Å². The molecule has 1 saturated heterocycles. The number of nitrogens with two attached hydrogens (primary N) is 1. The number of hydrogen-bond donors (Lipinski definition) is 3. The lowest BCUT2D eigenvalue weighted by molar-refractivity contribution is -0.145. The Hall–Kier alpha value is -6.86. The van der Waals surface area contributed by atoms with E-state index in [0.717, 1.165) is 11.1 Å². The number of nitrogens with zero attached hydrogens (tertiary/aromatic N) is 4. The van der Waals surface area contributed by atoms with Crippen molar-refractivity contribution in [1.29, 1.82) is 0 Å². The number of benzene rings is 4. The van der Waals surface area contributed by atoms with Crippen molar-refractivity contribution in [2.24, 2.45) is 15.7 Å². The van der Waals surface area contributed by atoms with Gasteiger partial charge in [0.25, 0.3) is 0 Å². The van der Waals surface area contributed by atoms with Crippen LogP contribution in [0, 0.1) is 0 Å². The predicted molar refractivity (Wildman–Crippen MR) is 266 cm³/mol. The van der Waals surface area contributed by atoms with Gasteiger partial charge in [-0.1, -0.05) is 60.7 Å². The summed E-state index contributed by atoms with van der Waals surface area (Å²) in [6.07, 6.45) is -17.9. The monoisotopic (exact) mass is 1140 g/mol. The second-order valence-electron chi connectivity index (χ2n) is 20.6. The summed E-state index contributed by atoms with van der Waals surface area (Å²) < 4.78 is 173. The van der Waals surface area contributed by atoms with Crippen LogP contribution in [0.25, 0.3) is 0 Å². The minimum Gasteiger partial charge on any atom is -0.481 e. The van der Waals surface area contributed by atoms with Crippen molar-refractivity contribution in [1.82, 2.24) is 15.1 Å². The van der Waals surface area contributed by atoms with E-state index in [4.69, 9.17) is 15.2 Å². The molecule has 4 aliphatic rings. The zero-order valence-electron chi connectivity index (χ0n) is 43.0. The maximum Gasteiger partial charge on any atom is 0.416 e. The first-order valence-electron chi connectivity index (χ1n) is 25.1. The summed E-state index contributed by atoms with van der Waals surface area (Å²) in [5, 5.41) is 13.0. The van der Waals surface area contributed by atoms with Gasteiger partial charge in [-0.25, -0.2) is 0 Å². The molecule has 3 aliphatic heterocycles. The molecule has 432 valence electrons. The number of halogens is 12. The van der Waals surface area contributed by atoms with E-state index in [-0.39, 0.29) is 93.6 Å². The number of carboxylic acid groups (broad SMARTS) is 1. The number of carboxylic acids is 1. The summed E-state index contributed by atoms with van der Waals surface area (Å²) in [5.41, 5.74) is -2.74. The van der Waals surface area contributed by atoms with Crippen LogP contribution in [0.3, 0.4) is 0 Å². The molecule has 0 aromatic heterocycles. The smallest absolute Gasteiger partial charge is 0.416 e. The second-order valence-corrected chi connectivity index (χ2v) is 20.6. The lowest BCUT2D eigenvalue weighted by Crippen LogP contribution is -2.65. The Kier molecular flexibility index (Phi) is 17.7. The number of amides is 3. The van der Waals surface area contributed by atoms with Gasteiger partial charge in [0, 0.05) is 12.0 Å². The summed E-state index contributed by atoms with van der Waals surface area (Å²) >= 11 is 0. The number of piperidine rings is 1. The van der Waals surface area contributed by atoms with Gasteiger partial charge in [0.1, 0.15) is 13.1 Å². The number of rotatable bonds is 16. The van der Waals surface area contributed by atoms with E-state index in [1.54, 1.807) is 36.4 Å². The molecule has 3 heterocycles. The fourth-order valence-corrected chi connectivity index (χ4v) is 10.8. The molecule has 13 nitrogen and oxygen atoms in total. The number of aliphatic carboxylic acids is 1. The summed E-state index contributed by atoms with van der Waals surface area (Å²) in [6.45, 7) is 2.61. The van der Waals surface area contributed by atoms with Crippen LogP contribution in [-0.4, -0.2) is 95.2 Å². The van der Waals surface area contributed by atoms with Gasteiger partial charge in [0.15, 0.2) is 0 Å². The van der Waals surface area contributed by atoms with Crippen LogP contribution in [0.2, 0.25) is 0 Å². The molecule has 2 fully saturated rings. The third-order valence-electron chi connectivity index (χ3n) is 15.4.